The number of ether oxygens (including phenoxy) is 1. The summed E-state index contributed by atoms with van der Waals surface area (Å²) in [7, 11) is 1.66. The van der Waals surface area contributed by atoms with Crippen LogP contribution in [0, 0.1) is 13.8 Å². The Morgan fingerprint density at radius 1 is 1.36 bits per heavy atom. The van der Waals surface area contributed by atoms with Crippen LogP contribution in [0.5, 0.6) is 5.75 Å². The topological polar surface area (TPSA) is 44.1 Å². The molecule has 0 bridgehead atoms. The second kappa shape index (κ2) is 6.11. The quantitative estimate of drug-likeness (QED) is 0.602. The van der Waals surface area contributed by atoms with E-state index in [9.17, 15) is 4.79 Å². The molecule has 1 aliphatic heterocycles. The summed E-state index contributed by atoms with van der Waals surface area (Å²) in [5, 5.41) is 0.771. The fraction of sp³-hybridized carbons (Fsp3) is 0.263. The Labute approximate surface area is 157 Å². The summed E-state index contributed by atoms with van der Waals surface area (Å²) in [5.41, 5.74) is 3.18. The van der Waals surface area contributed by atoms with E-state index in [1.54, 1.807) is 23.0 Å². The van der Waals surface area contributed by atoms with E-state index in [-0.39, 0.29) is 5.56 Å². The first-order valence-electron chi connectivity index (χ1n) is 8.04. The summed E-state index contributed by atoms with van der Waals surface area (Å²) in [6.07, 6.45) is 2.88. The highest BCUT2D eigenvalue weighted by Crippen LogP contribution is 2.34. The average Bonchev–Trinajstić information content (AvgIpc) is 3.10. The van der Waals surface area contributed by atoms with Crippen molar-refractivity contribution in [2.24, 2.45) is 0 Å². The summed E-state index contributed by atoms with van der Waals surface area (Å²) >= 11 is 5.10. The van der Waals surface area contributed by atoms with Crippen LogP contribution in [0.2, 0.25) is 0 Å². The first kappa shape index (κ1) is 16.5. The zero-order valence-electron chi connectivity index (χ0n) is 14.2. The molecule has 3 aromatic rings. The van der Waals surface area contributed by atoms with Crippen LogP contribution >= 0.6 is 27.3 Å². The van der Waals surface area contributed by atoms with Crippen molar-refractivity contribution in [2.75, 3.05) is 7.11 Å². The van der Waals surface area contributed by atoms with E-state index in [1.807, 2.05) is 32.0 Å². The van der Waals surface area contributed by atoms with Crippen molar-refractivity contribution in [3.05, 3.63) is 54.9 Å². The zero-order chi connectivity index (χ0) is 17.7. The predicted octanol–water partition coefficient (Wildman–Crippen LogP) is 4.79. The van der Waals surface area contributed by atoms with Gasteiger partial charge in [-0.3, -0.25) is 9.36 Å². The second-order valence-electron chi connectivity index (χ2n) is 6.16. The third-order valence-corrected chi connectivity index (χ3v) is 6.30. The van der Waals surface area contributed by atoms with Crippen LogP contribution in [0.1, 0.15) is 28.2 Å². The first-order chi connectivity index (χ1) is 12.0. The number of allylic oxidation sites excluding steroid dienone is 1. The molecule has 0 saturated heterocycles. The number of aryl methyl sites for hydroxylation is 2. The van der Waals surface area contributed by atoms with Crippen LogP contribution in [0.4, 0.5) is 0 Å². The van der Waals surface area contributed by atoms with Crippen LogP contribution in [0.3, 0.4) is 0 Å². The van der Waals surface area contributed by atoms with Gasteiger partial charge in [0.1, 0.15) is 16.4 Å². The van der Waals surface area contributed by atoms with E-state index < -0.39 is 0 Å². The SMILES string of the molecule is COc1ccc(Br)cc1C=C1CCn2c1nc1sc(C)c(C)c1c2=O. The molecular formula is C19H17BrN2O2S. The van der Waals surface area contributed by atoms with Crippen LogP contribution in [-0.4, -0.2) is 16.7 Å². The lowest BCUT2D eigenvalue weighted by Gasteiger charge is -2.07. The van der Waals surface area contributed by atoms with Gasteiger partial charge in [-0.15, -0.1) is 11.3 Å². The summed E-state index contributed by atoms with van der Waals surface area (Å²) in [4.78, 5) is 19.7. The van der Waals surface area contributed by atoms with E-state index in [2.05, 4.69) is 22.0 Å². The fourth-order valence-corrected chi connectivity index (χ4v) is 4.66. The number of thiophene rings is 1. The number of rotatable bonds is 2. The molecule has 0 radical (unpaired) electrons. The fourth-order valence-electron chi connectivity index (χ4n) is 3.27. The Morgan fingerprint density at radius 3 is 2.92 bits per heavy atom. The number of hydrogen-bond donors (Lipinski definition) is 0. The standard InChI is InChI=1S/C19H17BrN2O2S/c1-10-11(2)25-18-16(10)19(23)22-7-6-12(17(22)21-18)8-13-9-14(20)4-5-15(13)24-3/h4-5,8-9H,6-7H2,1-3H3. The highest BCUT2D eigenvalue weighted by Gasteiger charge is 2.23. The van der Waals surface area contributed by atoms with E-state index in [4.69, 9.17) is 9.72 Å². The highest BCUT2D eigenvalue weighted by molar-refractivity contribution is 9.10. The third-order valence-electron chi connectivity index (χ3n) is 4.70. The van der Waals surface area contributed by atoms with Gasteiger partial charge < -0.3 is 4.74 Å². The molecule has 4 rings (SSSR count). The molecule has 6 heteroatoms. The van der Waals surface area contributed by atoms with E-state index in [1.165, 1.54) is 0 Å². The smallest absolute Gasteiger partial charge is 0.262 e. The Morgan fingerprint density at radius 2 is 2.16 bits per heavy atom. The molecule has 0 aliphatic carbocycles. The Hall–Kier alpha value is -1.92. The van der Waals surface area contributed by atoms with Crippen molar-refractivity contribution < 1.29 is 4.74 Å². The summed E-state index contributed by atoms with van der Waals surface area (Å²) in [5.74, 6) is 1.58. The normalized spacial score (nSPS) is 15.1. The molecule has 25 heavy (non-hydrogen) atoms. The molecule has 2 aromatic heterocycles. The molecule has 0 unspecified atom stereocenters. The largest absolute Gasteiger partial charge is 0.496 e. The van der Waals surface area contributed by atoms with Gasteiger partial charge in [-0.2, -0.15) is 0 Å². The van der Waals surface area contributed by atoms with Gasteiger partial charge in [-0.05, 0) is 55.7 Å². The van der Waals surface area contributed by atoms with Crippen molar-refractivity contribution >= 4 is 49.1 Å². The van der Waals surface area contributed by atoms with Crippen LogP contribution < -0.4 is 10.3 Å². The molecular weight excluding hydrogens is 400 g/mol. The van der Waals surface area contributed by atoms with Crippen LogP contribution in [0.25, 0.3) is 21.9 Å². The Bertz CT molecular complexity index is 1090. The van der Waals surface area contributed by atoms with Crippen molar-refractivity contribution in [1.82, 2.24) is 9.55 Å². The maximum absolute atomic E-state index is 12.9. The van der Waals surface area contributed by atoms with E-state index >= 15 is 0 Å². The molecule has 0 fully saturated rings. The molecule has 0 spiro atoms. The minimum atomic E-state index is 0.0754. The number of methoxy groups -OCH3 is 1. The Balaban J connectivity index is 1.92. The number of hydrogen-bond acceptors (Lipinski definition) is 4. The van der Waals surface area contributed by atoms with Crippen molar-refractivity contribution in [3.8, 4) is 5.75 Å². The maximum Gasteiger partial charge on any atom is 0.262 e. The minimum absolute atomic E-state index is 0.0754. The minimum Gasteiger partial charge on any atom is -0.496 e. The molecule has 1 aromatic carbocycles. The molecule has 4 nitrogen and oxygen atoms in total. The lowest BCUT2D eigenvalue weighted by molar-refractivity contribution is 0.414. The molecule has 128 valence electrons. The van der Waals surface area contributed by atoms with Gasteiger partial charge in [0.05, 0.1) is 12.5 Å². The van der Waals surface area contributed by atoms with Crippen molar-refractivity contribution in [1.29, 1.82) is 0 Å². The summed E-state index contributed by atoms with van der Waals surface area (Å²) in [6.45, 7) is 4.72. The highest BCUT2D eigenvalue weighted by atomic mass is 79.9. The first-order valence-corrected chi connectivity index (χ1v) is 9.65. The van der Waals surface area contributed by atoms with Gasteiger partial charge in [0.2, 0.25) is 0 Å². The molecule has 0 saturated carbocycles. The van der Waals surface area contributed by atoms with Crippen LogP contribution in [0.15, 0.2) is 27.5 Å². The van der Waals surface area contributed by atoms with Gasteiger partial charge in [-0.25, -0.2) is 4.98 Å². The van der Waals surface area contributed by atoms with E-state index in [0.29, 0.717) is 6.54 Å². The van der Waals surface area contributed by atoms with E-state index in [0.717, 1.165) is 54.3 Å². The Kier molecular flexibility index (Phi) is 4.04. The number of benzene rings is 1. The molecule has 0 amide bonds. The predicted molar refractivity (Wildman–Crippen MR) is 107 cm³/mol. The lowest BCUT2D eigenvalue weighted by atomic mass is 10.1. The number of fused-ring (bicyclic) bond motifs is 2. The van der Waals surface area contributed by atoms with Crippen molar-refractivity contribution in [3.63, 3.8) is 0 Å². The van der Waals surface area contributed by atoms with Gasteiger partial charge >= 0.3 is 0 Å². The second-order valence-corrected chi connectivity index (χ2v) is 8.28. The molecule has 0 atom stereocenters. The maximum atomic E-state index is 12.9. The molecule has 1 aliphatic rings. The number of halogens is 1. The summed E-state index contributed by atoms with van der Waals surface area (Å²) < 4.78 is 8.25. The average molecular weight is 417 g/mol. The van der Waals surface area contributed by atoms with Gasteiger partial charge in [0.15, 0.2) is 0 Å². The summed E-state index contributed by atoms with van der Waals surface area (Å²) in [6, 6.07) is 5.90. The zero-order valence-corrected chi connectivity index (χ0v) is 16.6. The van der Waals surface area contributed by atoms with Gasteiger partial charge in [0.25, 0.3) is 5.56 Å². The third kappa shape index (κ3) is 2.64. The monoisotopic (exact) mass is 416 g/mol. The van der Waals surface area contributed by atoms with Crippen LogP contribution in [-0.2, 0) is 6.54 Å². The van der Waals surface area contributed by atoms with Gasteiger partial charge in [-0.1, -0.05) is 15.9 Å². The van der Waals surface area contributed by atoms with Gasteiger partial charge in [0, 0.05) is 21.5 Å². The lowest BCUT2D eigenvalue weighted by Crippen LogP contribution is -2.20. The molecule has 3 heterocycles. The number of nitrogens with zero attached hydrogens (tertiary/aromatic N) is 2. The molecule has 0 N–H and O–H groups in total. The van der Waals surface area contributed by atoms with Crippen molar-refractivity contribution in [2.45, 2.75) is 26.8 Å². The number of aromatic nitrogens is 2.